The summed E-state index contributed by atoms with van der Waals surface area (Å²) in [6.45, 7) is 4.23. The van der Waals surface area contributed by atoms with Gasteiger partial charge in [-0.3, -0.25) is 9.79 Å². The van der Waals surface area contributed by atoms with Crippen LogP contribution in [0.4, 0.5) is 5.69 Å². The molecular formula is C25H31IN6O2. The van der Waals surface area contributed by atoms with Crippen molar-refractivity contribution in [1.29, 1.82) is 0 Å². The lowest BCUT2D eigenvalue weighted by Crippen LogP contribution is -2.37. The minimum Gasteiger partial charge on any atom is -0.356 e. The molecule has 2 aromatic carbocycles. The van der Waals surface area contributed by atoms with Crippen molar-refractivity contribution in [2.24, 2.45) is 4.99 Å². The predicted octanol–water partition coefficient (Wildman–Crippen LogP) is 3.95. The molecule has 0 aliphatic carbocycles. The van der Waals surface area contributed by atoms with Crippen LogP contribution in [-0.2, 0) is 24.2 Å². The van der Waals surface area contributed by atoms with Crippen molar-refractivity contribution < 1.29 is 9.32 Å². The Morgan fingerprint density at radius 3 is 2.44 bits per heavy atom. The van der Waals surface area contributed by atoms with Gasteiger partial charge in [-0.2, -0.15) is 4.98 Å². The van der Waals surface area contributed by atoms with E-state index in [0.717, 1.165) is 61.0 Å². The maximum absolute atomic E-state index is 11.9. The van der Waals surface area contributed by atoms with Crippen molar-refractivity contribution >= 4 is 41.5 Å². The summed E-state index contributed by atoms with van der Waals surface area (Å²) in [5, 5.41) is 10.6. The van der Waals surface area contributed by atoms with Gasteiger partial charge < -0.3 is 20.1 Å². The molecular weight excluding hydrogens is 543 g/mol. The molecule has 0 saturated carbocycles. The number of halogens is 1. The number of nitrogens with one attached hydrogen (secondary N) is 2. The van der Waals surface area contributed by atoms with Gasteiger partial charge in [0.15, 0.2) is 11.8 Å². The molecule has 1 aliphatic rings. The third-order valence-electron chi connectivity index (χ3n) is 5.70. The van der Waals surface area contributed by atoms with Gasteiger partial charge in [-0.05, 0) is 48.2 Å². The SMILES string of the molecule is CCc1noc(-c2ccc(CCNC(=NC)NCc3ccc(N4CCCC4=O)cc3)cc2)n1.I. The van der Waals surface area contributed by atoms with Gasteiger partial charge in [0, 0.05) is 50.8 Å². The number of aliphatic imine (C=N–C) groups is 1. The maximum atomic E-state index is 11.9. The Balaban J connectivity index is 0.00000324. The summed E-state index contributed by atoms with van der Waals surface area (Å²) in [6.07, 6.45) is 3.21. The van der Waals surface area contributed by atoms with Gasteiger partial charge >= 0.3 is 0 Å². The number of carbonyl (C=O) groups is 1. The van der Waals surface area contributed by atoms with Crippen LogP contribution in [0.1, 0.15) is 36.7 Å². The van der Waals surface area contributed by atoms with E-state index in [1.54, 1.807) is 7.05 Å². The first-order valence-electron chi connectivity index (χ1n) is 11.4. The van der Waals surface area contributed by atoms with Crippen molar-refractivity contribution in [3.8, 4) is 11.5 Å². The number of carbonyl (C=O) groups excluding carboxylic acids is 1. The normalized spacial score (nSPS) is 13.6. The number of guanidine groups is 1. The molecule has 3 aromatic rings. The van der Waals surface area contributed by atoms with Crippen molar-refractivity contribution in [1.82, 2.24) is 20.8 Å². The van der Waals surface area contributed by atoms with Gasteiger partial charge in [0.2, 0.25) is 5.91 Å². The number of aryl methyl sites for hydroxylation is 1. The van der Waals surface area contributed by atoms with E-state index in [4.69, 9.17) is 4.52 Å². The Kier molecular flexibility index (Phi) is 9.43. The Morgan fingerprint density at radius 1 is 1.09 bits per heavy atom. The Morgan fingerprint density at radius 2 is 1.82 bits per heavy atom. The highest BCUT2D eigenvalue weighted by molar-refractivity contribution is 14.0. The van der Waals surface area contributed by atoms with Crippen LogP contribution in [0.15, 0.2) is 58.0 Å². The fourth-order valence-electron chi connectivity index (χ4n) is 3.78. The van der Waals surface area contributed by atoms with Crippen LogP contribution in [-0.4, -0.2) is 42.1 Å². The first kappa shape index (κ1) is 25.7. The largest absolute Gasteiger partial charge is 0.356 e. The fraction of sp³-hybridized carbons (Fsp3) is 0.360. The summed E-state index contributed by atoms with van der Waals surface area (Å²) < 4.78 is 5.29. The second-order valence-electron chi connectivity index (χ2n) is 7.98. The molecule has 0 unspecified atom stereocenters. The van der Waals surface area contributed by atoms with Crippen molar-refractivity contribution in [3.63, 3.8) is 0 Å². The van der Waals surface area contributed by atoms with Crippen LogP contribution < -0.4 is 15.5 Å². The summed E-state index contributed by atoms with van der Waals surface area (Å²) in [5.74, 6) is 2.24. The number of nitrogens with zero attached hydrogens (tertiary/aromatic N) is 4. The van der Waals surface area contributed by atoms with Gasteiger partial charge in [0.1, 0.15) is 0 Å². The second-order valence-corrected chi connectivity index (χ2v) is 7.98. The second kappa shape index (κ2) is 12.5. The quantitative estimate of drug-likeness (QED) is 0.241. The Labute approximate surface area is 217 Å². The lowest BCUT2D eigenvalue weighted by atomic mass is 10.1. The number of aromatic nitrogens is 2. The molecule has 2 heterocycles. The molecule has 8 nitrogen and oxygen atoms in total. The zero-order valence-corrected chi connectivity index (χ0v) is 21.9. The van der Waals surface area contributed by atoms with E-state index in [9.17, 15) is 4.79 Å². The van der Waals surface area contributed by atoms with Crippen molar-refractivity contribution in [2.45, 2.75) is 39.2 Å². The molecule has 9 heteroatoms. The summed E-state index contributed by atoms with van der Waals surface area (Å²) in [7, 11) is 1.77. The minimum absolute atomic E-state index is 0. The van der Waals surface area contributed by atoms with Crippen molar-refractivity contribution in [2.75, 3.05) is 25.0 Å². The molecule has 1 amide bonds. The maximum Gasteiger partial charge on any atom is 0.257 e. The van der Waals surface area contributed by atoms with E-state index in [0.29, 0.717) is 18.9 Å². The van der Waals surface area contributed by atoms with Crippen LogP contribution in [0.5, 0.6) is 0 Å². The topological polar surface area (TPSA) is 95.6 Å². The number of benzene rings is 2. The Bertz CT molecular complexity index is 1100. The van der Waals surface area contributed by atoms with Gasteiger partial charge in [-0.15, -0.1) is 24.0 Å². The molecule has 1 aliphatic heterocycles. The Hall–Kier alpha value is -2.95. The van der Waals surface area contributed by atoms with E-state index in [1.165, 1.54) is 5.56 Å². The zero-order chi connectivity index (χ0) is 23.0. The van der Waals surface area contributed by atoms with Crippen LogP contribution in [0.25, 0.3) is 11.5 Å². The summed E-state index contributed by atoms with van der Waals surface area (Å²) >= 11 is 0. The predicted molar refractivity (Wildman–Crippen MR) is 144 cm³/mol. The standard InChI is InChI=1S/C25H30N6O2.HI/c1-3-22-29-24(33-30-22)20-10-6-18(7-11-20)14-15-27-25(26-2)28-17-19-8-12-21(13-9-19)31-16-4-5-23(31)32;/h6-13H,3-5,14-17H2,1-2H3,(H2,26,27,28);1H. The third kappa shape index (κ3) is 6.55. The van der Waals surface area contributed by atoms with Crippen LogP contribution >= 0.6 is 24.0 Å². The van der Waals surface area contributed by atoms with Gasteiger partial charge in [-0.1, -0.05) is 36.3 Å². The molecule has 2 N–H and O–H groups in total. The number of rotatable bonds is 8. The van der Waals surface area contributed by atoms with E-state index >= 15 is 0 Å². The molecule has 0 atom stereocenters. The highest BCUT2D eigenvalue weighted by Crippen LogP contribution is 2.21. The molecule has 4 rings (SSSR count). The lowest BCUT2D eigenvalue weighted by molar-refractivity contribution is -0.117. The van der Waals surface area contributed by atoms with E-state index in [-0.39, 0.29) is 29.9 Å². The van der Waals surface area contributed by atoms with E-state index < -0.39 is 0 Å². The number of hydrogen-bond acceptors (Lipinski definition) is 5. The molecule has 0 bridgehead atoms. The summed E-state index contributed by atoms with van der Waals surface area (Å²) in [4.78, 5) is 22.4. The summed E-state index contributed by atoms with van der Waals surface area (Å²) in [6, 6.07) is 16.3. The first-order chi connectivity index (χ1) is 16.2. The van der Waals surface area contributed by atoms with Gasteiger partial charge in [0.05, 0.1) is 0 Å². The van der Waals surface area contributed by atoms with Crippen LogP contribution in [0.3, 0.4) is 0 Å². The molecule has 180 valence electrons. The summed E-state index contributed by atoms with van der Waals surface area (Å²) in [5.41, 5.74) is 4.25. The van der Waals surface area contributed by atoms with Crippen molar-refractivity contribution in [3.05, 3.63) is 65.5 Å². The zero-order valence-electron chi connectivity index (χ0n) is 19.6. The highest BCUT2D eigenvalue weighted by atomic mass is 127. The number of anilines is 1. The lowest BCUT2D eigenvalue weighted by Gasteiger charge is -2.16. The van der Waals surface area contributed by atoms with E-state index in [1.807, 2.05) is 36.1 Å². The molecule has 0 radical (unpaired) electrons. The molecule has 0 spiro atoms. The first-order valence-corrected chi connectivity index (χ1v) is 11.4. The number of hydrogen-bond donors (Lipinski definition) is 2. The molecule has 34 heavy (non-hydrogen) atoms. The third-order valence-corrected chi connectivity index (χ3v) is 5.70. The number of amides is 1. The molecule has 1 fully saturated rings. The highest BCUT2D eigenvalue weighted by Gasteiger charge is 2.21. The fourth-order valence-corrected chi connectivity index (χ4v) is 3.78. The van der Waals surface area contributed by atoms with Crippen LogP contribution in [0, 0.1) is 0 Å². The van der Waals surface area contributed by atoms with Gasteiger partial charge in [-0.25, -0.2) is 0 Å². The average molecular weight is 574 g/mol. The van der Waals surface area contributed by atoms with E-state index in [2.05, 4.69) is 50.0 Å². The minimum atomic E-state index is 0. The van der Waals surface area contributed by atoms with Crippen LogP contribution in [0.2, 0.25) is 0 Å². The molecule has 1 saturated heterocycles. The average Bonchev–Trinajstić information content (AvgIpc) is 3.51. The molecule has 1 aromatic heterocycles. The van der Waals surface area contributed by atoms with Gasteiger partial charge in [0.25, 0.3) is 5.89 Å². The smallest absolute Gasteiger partial charge is 0.257 e. The monoisotopic (exact) mass is 574 g/mol.